The van der Waals surface area contributed by atoms with Gasteiger partial charge in [-0.2, -0.15) is 0 Å². The van der Waals surface area contributed by atoms with E-state index in [1.54, 1.807) is 12.1 Å². The van der Waals surface area contributed by atoms with E-state index in [2.05, 4.69) is 5.32 Å². The zero-order valence-electron chi connectivity index (χ0n) is 11.6. The van der Waals surface area contributed by atoms with E-state index in [-0.39, 0.29) is 29.9 Å². The molecular formula is C15H20ClNO2. The maximum Gasteiger partial charge on any atom is 0.144 e. The molecule has 1 N–H and O–H groups in total. The minimum absolute atomic E-state index is 0.0418. The Labute approximate surface area is 119 Å². The third-order valence-electron chi connectivity index (χ3n) is 2.91. The molecule has 1 rings (SSSR count). The average molecular weight is 282 g/mol. The Morgan fingerprint density at radius 1 is 1.21 bits per heavy atom. The van der Waals surface area contributed by atoms with Crippen molar-refractivity contribution in [2.45, 2.75) is 26.7 Å². The molecule has 19 heavy (non-hydrogen) atoms. The van der Waals surface area contributed by atoms with Crippen LogP contribution in [0.5, 0.6) is 0 Å². The van der Waals surface area contributed by atoms with Crippen LogP contribution >= 0.6 is 11.6 Å². The van der Waals surface area contributed by atoms with E-state index >= 15 is 0 Å². The molecule has 3 nitrogen and oxygen atoms in total. The van der Waals surface area contributed by atoms with Crippen LogP contribution in [0.4, 0.5) is 0 Å². The molecule has 1 aromatic rings. The molecular weight excluding hydrogens is 262 g/mol. The summed E-state index contributed by atoms with van der Waals surface area (Å²) in [7, 11) is 0. The molecule has 0 saturated heterocycles. The van der Waals surface area contributed by atoms with Crippen molar-refractivity contribution >= 4 is 23.2 Å². The van der Waals surface area contributed by atoms with Crippen molar-refractivity contribution in [3.63, 3.8) is 0 Å². The second-order valence-corrected chi connectivity index (χ2v) is 5.43. The highest BCUT2D eigenvalue weighted by Gasteiger charge is 2.22. The van der Waals surface area contributed by atoms with Crippen LogP contribution in [0, 0.1) is 5.92 Å². The lowest BCUT2D eigenvalue weighted by Crippen LogP contribution is -2.31. The average Bonchev–Trinajstić information content (AvgIpc) is 2.35. The largest absolute Gasteiger partial charge is 0.309 e. The van der Waals surface area contributed by atoms with Gasteiger partial charge in [-0.15, -0.1) is 0 Å². The SMILES string of the molecule is CC(=O)CNC[C@@H](C(=O)C(C)C)c1ccc(Cl)cc1. The topological polar surface area (TPSA) is 46.2 Å². The van der Waals surface area contributed by atoms with Gasteiger partial charge >= 0.3 is 0 Å². The van der Waals surface area contributed by atoms with Crippen LogP contribution in [0.3, 0.4) is 0 Å². The molecule has 0 amide bonds. The van der Waals surface area contributed by atoms with E-state index in [4.69, 9.17) is 11.6 Å². The van der Waals surface area contributed by atoms with E-state index in [1.807, 2.05) is 26.0 Å². The molecule has 0 aliphatic carbocycles. The Morgan fingerprint density at radius 3 is 2.26 bits per heavy atom. The van der Waals surface area contributed by atoms with Crippen molar-refractivity contribution in [3.05, 3.63) is 34.9 Å². The van der Waals surface area contributed by atoms with E-state index in [0.29, 0.717) is 11.6 Å². The molecule has 4 heteroatoms. The normalized spacial score (nSPS) is 12.5. The molecule has 0 spiro atoms. The van der Waals surface area contributed by atoms with Crippen molar-refractivity contribution in [2.24, 2.45) is 5.92 Å². The maximum absolute atomic E-state index is 12.2. The molecule has 0 unspecified atom stereocenters. The summed E-state index contributed by atoms with van der Waals surface area (Å²) in [5, 5.41) is 3.68. The number of hydrogen-bond donors (Lipinski definition) is 1. The molecule has 104 valence electrons. The number of halogens is 1. The van der Waals surface area contributed by atoms with Crippen molar-refractivity contribution < 1.29 is 9.59 Å². The molecule has 1 atom stereocenters. The predicted octanol–water partition coefficient (Wildman–Crippen LogP) is 2.83. The quantitative estimate of drug-likeness (QED) is 0.836. The zero-order chi connectivity index (χ0) is 14.4. The Balaban J connectivity index is 2.82. The third-order valence-corrected chi connectivity index (χ3v) is 3.16. The van der Waals surface area contributed by atoms with E-state index < -0.39 is 0 Å². The fourth-order valence-electron chi connectivity index (χ4n) is 1.87. The van der Waals surface area contributed by atoms with E-state index in [1.165, 1.54) is 6.92 Å². The molecule has 0 fully saturated rings. The maximum atomic E-state index is 12.2. The molecule has 0 radical (unpaired) electrons. The van der Waals surface area contributed by atoms with Crippen molar-refractivity contribution in [1.29, 1.82) is 0 Å². The minimum atomic E-state index is -0.239. The Bertz CT molecular complexity index is 440. The summed E-state index contributed by atoms with van der Waals surface area (Å²) in [6.45, 7) is 6.05. The first kappa shape index (κ1) is 15.9. The number of Topliss-reactive ketones (excluding diaryl/α,β-unsaturated/α-hetero) is 2. The second kappa shape index (κ2) is 7.41. The highest BCUT2D eigenvalue weighted by atomic mass is 35.5. The highest BCUT2D eigenvalue weighted by molar-refractivity contribution is 6.30. The van der Waals surface area contributed by atoms with Gasteiger partial charge in [-0.05, 0) is 24.6 Å². The first-order valence-corrected chi connectivity index (χ1v) is 6.79. The summed E-state index contributed by atoms with van der Waals surface area (Å²) in [5.41, 5.74) is 0.930. The van der Waals surface area contributed by atoms with Gasteiger partial charge in [-0.3, -0.25) is 9.59 Å². The predicted molar refractivity (Wildman–Crippen MR) is 77.6 cm³/mol. The summed E-state index contributed by atoms with van der Waals surface area (Å²) in [6.07, 6.45) is 0. The van der Waals surface area contributed by atoms with E-state index in [9.17, 15) is 9.59 Å². The number of ketones is 2. The highest BCUT2D eigenvalue weighted by Crippen LogP contribution is 2.22. The summed E-state index contributed by atoms with van der Waals surface area (Å²) >= 11 is 5.86. The molecule has 0 aromatic heterocycles. The smallest absolute Gasteiger partial charge is 0.144 e. The minimum Gasteiger partial charge on any atom is -0.309 e. The lowest BCUT2D eigenvalue weighted by Gasteiger charge is -2.19. The Hall–Kier alpha value is -1.19. The van der Waals surface area contributed by atoms with Gasteiger partial charge in [0.15, 0.2) is 0 Å². The van der Waals surface area contributed by atoms with Crippen LogP contribution in [0.25, 0.3) is 0 Å². The second-order valence-electron chi connectivity index (χ2n) is 4.99. The van der Waals surface area contributed by atoms with Crippen molar-refractivity contribution in [1.82, 2.24) is 5.32 Å². The number of carbonyl (C=O) groups excluding carboxylic acids is 2. The lowest BCUT2D eigenvalue weighted by molar-refractivity contribution is -0.123. The molecule has 1 aromatic carbocycles. The third kappa shape index (κ3) is 5.13. The molecule has 0 saturated carbocycles. The standard InChI is InChI=1S/C15H20ClNO2/c1-10(2)15(19)14(9-17-8-11(3)18)12-4-6-13(16)7-5-12/h4-7,10,14,17H,8-9H2,1-3H3/t14-/m1/s1. The van der Waals surface area contributed by atoms with Crippen LogP contribution in [-0.2, 0) is 9.59 Å². The van der Waals surface area contributed by atoms with Crippen LogP contribution in [0.1, 0.15) is 32.3 Å². The summed E-state index contributed by atoms with van der Waals surface area (Å²) < 4.78 is 0. The van der Waals surface area contributed by atoms with Gasteiger partial charge in [0.2, 0.25) is 0 Å². The van der Waals surface area contributed by atoms with Crippen LogP contribution < -0.4 is 5.32 Å². The lowest BCUT2D eigenvalue weighted by atomic mass is 9.89. The Kier molecular flexibility index (Phi) is 6.19. The summed E-state index contributed by atoms with van der Waals surface area (Å²) in [5.74, 6) is -0.0540. The van der Waals surface area contributed by atoms with Gasteiger partial charge < -0.3 is 5.32 Å². The van der Waals surface area contributed by atoms with Gasteiger partial charge in [0.25, 0.3) is 0 Å². The first-order valence-electron chi connectivity index (χ1n) is 6.41. The van der Waals surface area contributed by atoms with Crippen LogP contribution in [0.15, 0.2) is 24.3 Å². The molecule has 0 heterocycles. The summed E-state index contributed by atoms with van der Waals surface area (Å²) in [6, 6.07) is 7.29. The molecule has 0 aliphatic heterocycles. The van der Waals surface area contributed by atoms with Crippen molar-refractivity contribution in [2.75, 3.05) is 13.1 Å². The van der Waals surface area contributed by atoms with Crippen LogP contribution in [-0.4, -0.2) is 24.7 Å². The Morgan fingerprint density at radius 2 is 1.79 bits per heavy atom. The van der Waals surface area contributed by atoms with Gasteiger partial charge in [0, 0.05) is 17.5 Å². The first-order chi connectivity index (χ1) is 8.91. The molecule has 0 aliphatic rings. The van der Waals surface area contributed by atoms with Gasteiger partial charge in [0.05, 0.1) is 12.5 Å². The number of rotatable bonds is 7. The number of carbonyl (C=O) groups is 2. The zero-order valence-corrected chi connectivity index (χ0v) is 12.3. The fourth-order valence-corrected chi connectivity index (χ4v) is 2.00. The fraction of sp³-hybridized carbons (Fsp3) is 0.467. The number of benzene rings is 1. The van der Waals surface area contributed by atoms with E-state index in [0.717, 1.165) is 5.56 Å². The summed E-state index contributed by atoms with van der Waals surface area (Å²) in [4.78, 5) is 23.2. The number of nitrogens with one attached hydrogen (secondary N) is 1. The van der Waals surface area contributed by atoms with Crippen LogP contribution in [0.2, 0.25) is 5.02 Å². The van der Waals surface area contributed by atoms with Gasteiger partial charge in [-0.1, -0.05) is 37.6 Å². The monoisotopic (exact) mass is 281 g/mol. The van der Waals surface area contributed by atoms with Crippen molar-refractivity contribution in [3.8, 4) is 0 Å². The molecule has 0 bridgehead atoms. The van der Waals surface area contributed by atoms with Gasteiger partial charge in [0.1, 0.15) is 11.6 Å². The van der Waals surface area contributed by atoms with Gasteiger partial charge in [-0.25, -0.2) is 0 Å². The number of hydrogen-bond acceptors (Lipinski definition) is 3.